The fourth-order valence-electron chi connectivity index (χ4n) is 2.49. The molecule has 23 heavy (non-hydrogen) atoms. The van der Waals surface area contributed by atoms with Crippen LogP contribution in [0.5, 0.6) is 0 Å². The molecule has 2 aromatic carbocycles. The summed E-state index contributed by atoms with van der Waals surface area (Å²) in [7, 11) is 2.06. The first-order valence-corrected chi connectivity index (χ1v) is 8.24. The van der Waals surface area contributed by atoms with Crippen LogP contribution in [0.2, 0.25) is 0 Å². The minimum absolute atomic E-state index is 0.0486. The molecule has 122 valence electrons. The number of amides is 1. The van der Waals surface area contributed by atoms with E-state index in [1.54, 1.807) is 0 Å². The summed E-state index contributed by atoms with van der Waals surface area (Å²) in [6.07, 6.45) is 0. The summed E-state index contributed by atoms with van der Waals surface area (Å²) in [5.41, 5.74) is 3.45. The van der Waals surface area contributed by atoms with Crippen molar-refractivity contribution in [2.45, 2.75) is 39.3 Å². The van der Waals surface area contributed by atoms with Gasteiger partial charge in [-0.05, 0) is 30.5 Å². The number of likely N-dealkylation sites (N-methyl/N-ethyl adjacent to an activating group) is 1. The number of rotatable bonds is 6. The second kappa shape index (κ2) is 7.93. The van der Waals surface area contributed by atoms with E-state index in [0.717, 1.165) is 12.2 Å². The van der Waals surface area contributed by atoms with Crippen LogP contribution in [0.15, 0.2) is 54.6 Å². The molecule has 0 saturated carbocycles. The van der Waals surface area contributed by atoms with E-state index in [2.05, 4.69) is 50.5 Å². The summed E-state index contributed by atoms with van der Waals surface area (Å²) < 4.78 is 0. The lowest BCUT2D eigenvalue weighted by Crippen LogP contribution is -3.12. The molecule has 2 atom stereocenters. The zero-order chi connectivity index (χ0) is 16.8. The normalized spacial score (nSPS) is 13.6. The number of carbonyl (C=O) groups excluding carboxylic acids is 1. The average molecular weight is 311 g/mol. The molecule has 0 spiro atoms. The molecule has 1 unspecified atom stereocenters. The molecule has 0 fully saturated rings. The van der Waals surface area contributed by atoms with E-state index >= 15 is 0 Å². The topological polar surface area (TPSA) is 33.5 Å². The Hall–Kier alpha value is -2.13. The molecule has 2 rings (SSSR count). The van der Waals surface area contributed by atoms with E-state index in [1.165, 1.54) is 16.0 Å². The predicted molar refractivity (Wildman–Crippen MR) is 95.7 cm³/mol. The Morgan fingerprint density at radius 3 is 2.17 bits per heavy atom. The zero-order valence-electron chi connectivity index (χ0n) is 14.5. The first kappa shape index (κ1) is 17.2. The highest BCUT2D eigenvalue weighted by atomic mass is 16.2. The van der Waals surface area contributed by atoms with Gasteiger partial charge in [0.2, 0.25) is 0 Å². The average Bonchev–Trinajstić information content (AvgIpc) is 2.55. The van der Waals surface area contributed by atoms with Crippen molar-refractivity contribution in [1.82, 2.24) is 0 Å². The van der Waals surface area contributed by atoms with Crippen molar-refractivity contribution >= 4 is 11.6 Å². The van der Waals surface area contributed by atoms with Crippen LogP contribution in [-0.2, 0) is 11.3 Å². The number of para-hydroxylation sites is 1. The van der Waals surface area contributed by atoms with Crippen molar-refractivity contribution < 1.29 is 9.69 Å². The maximum absolute atomic E-state index is 12.4. The molecular weight excluding hydrogens is 284 g/mol. The maximum Gasteiger partial charge on any atom is 0.282 e. The Morgan fingerprint density at radius 1 is 1.00 bits per heavy atom. The van der Waals surface area contributed by atoms with Gasteiger partial charge in [-0.25, -0.2) is 0 Å². The van der Waals surface area contributed by atoms with Crippen LogP contribution < -0.4 is 10.2 Å². The van der Waals surface area contributed by atoms with Gasteiger partial charge in [-0.3, -0.25) is 4.79 Å². The summed E-state index contributed by atoms with van der Waals surface area (Å²) in [6, 6.07) is 18.2. The Labute approximate surface area is 139 Å². The fraction of sp³-hybridized carbons (Fsp3) is 0.350. The van der Waals surface area contributed by atoms with Gasteiger partial charge in [0.15, 0.2) is 6.04 Å². The lowest BCUT2D eigenvalue weighted by Gasteiger charge is -2.21. The van der Waals surface area contributed by atoms with Crippen molar-refractivity contribution in [1.29, 1.82) is 0 Å². The van der Waals surface area contributed by atoms with Crippen LogP contribution in [0.25, 0.3) is 0 Å². The quantitative estimate of drug-likeness (QED) is 0.845. The standard InChI is InChI=1S/C20H26N2O/c1-15(2)18-12-10-17(11-13-18)14-22(4)16(3)20(23)21-19-8-6-5-7-9-19/h5-13,15-16H,14H2,1-4H3,(H,21,23)/p+1/t16-/m1/s1. The van der Waals surface area contributed by atoms with Crippen molar-refractivity contribution in [2.75, 3.05) is 12.4 Å². The van der Waals surface area contributed by atoms with E-state index < -0.39 is 0 Å². The van der Waals surface area contributed by atoms with E-state index in [1.807, 2.05) is 37.3 Å². The fourth-order valence-corrected chi connectivity index (χ4v) is 2.49. The van der Waals surface area contributed by atoms with Gasteiger partial charge in [-0.15, -0.1) is 0 Å². The molecule has 0 aromatic heterocycles. The van der Waals surface area contributed by atoms with Gasteiger partial charge in [0, 0.05) is 11.3 Å². The molecule has 0 saturated heterocycles. The van der Waals surface area contributed by atoms with E-state index in [9.17, 15) is 4.79 Å². The highest BCUT2D eigenvalue weighted by Gasteiger charge is 2.22. The van der Waals surface area contributed by atoms with Gasteiger partial charge in [0.1, 0.15) is 6.54 Å². The monoisotopic (exact) mass is 311 g/mol. The van der Waals surface area contributed by atoms with Gasteiger partial charge in [-0.1, -0.05) is 56.3 Å². The highest BCUT2D eigenvalue weighted by molar-refractivity contribution is 5.93. The van der Waals surface area contributed by atoms with E-state index in [4.69, 9.17) is 0 Å². The number of anilines is 1. The van der Waals surface area contributed by atoms with E-state index in [-0.39, 0.29) is 11.9 Å². The molecule has 0 aliphatic rings. The molecule has 2 N–H and O–H groups in total. The number of hydrogen-bond donors (Lipinski definition) is 2. The molecule has 0 radical (unpaired) electrons. The van der Waals surface area contributed by atoms with Gasteiger partial charge >= 0.3 is 0 Å². The number of benzene rings is 2. The molecule has 0 bridgehead atoms. The molecule has 3 heteroatoms. The summed E-state index contributed by atoms with van der Waals surface area (Å²) in [6.45, 7) is 7.20. The first-order chi connectivity index (χ1) is 11.0. The van der Waals surface area contributed by atoms with Crippen LogP contribution in [0, 0.1) is 0 Å². The van der Waals surface area contributed by atoms with Gasteiger partial charge < -0.3 is 10.2 Å². The number of carbonyl (C=O) groups is 1. The van der Waals surface area contributed by atoms with Crippen molar-refractivity contribution in [3.63, 3.8) is 0 Å². The third kappa shape index (κ3) is 4.93. The molecule has 3 nitrogen and oxygen atoms in total. The van der Waals surface area contributed by atoms with Crippen molar-refractivity contribution in [3.8, 4) is 0 Å². The van der Waals surface area contributed by atoms with Crippen LogP contribution in [0.1, 0.15) is 37.8 Å². The molecule has 1 amide bonds. The van der Waals surface area contributed by atoms with Crippen LogP contribution in [-0.4, -0.2) is 19.0 Å². The lowest BCUT2D eigenvalue weighted by atomic mass is 10.0. The smallest absolute Gasteiger partial charge is 0.282 e. The number of nitrogens with one attached hydrogen (secondary N) is 2. The van der Waals surface area contributed by atoms with E-state index in [0.29, 0.717) is 5.92 Å². The highest BCUT2D eigenvalue weighted by Crippen LogP contribution is 2.14. The Bertz CT molecular complexity index is 620. The third-order valence-corrected chi connectivity index (χ3v) is 4.30. The predicted octanol–water partition coefficient (Wildman–Crippen LogP) is 2.85. The van der Waals surface area contributed by atoms with Gasteiger partial charge in [-0.2, -0.15) is 0 Å². The summed E-state index contributed by atoms with van der Waals surface area (Å²) in [5, 5.41) is 2.97. The summed E-state index contributed by atoms with van der Waals surface area (Å²) in [4.78, 5) is 13.5. The van der Waals surface area contributed by atoms with Crippen LogP contribution in [0.4, 0.5) is 5.69 Å². The van der Waals surface area contributed by atoms with Crippen LogP contribution in [0.3, 0.4) is 0 Å². The van der Waals surface area contributed by atoms with Crippen molar-refractivity contribution in [2.24, 2.45) is 0 Å². The molecule has 2 aromatic rings. The second-order valence-electron chi connectivity index (χ2n) is 6.50. The first-order valence-electron chi connectivity index (χ1n) is 8.24. The minimum atomic E-state index is -0.111. The second-order valence-corrected chi connectivity index (χ2v) is 6.50. The van der Waals surface area contributed by atoms with Crippen molar-refractivity contribution in [3.05, 3.63) is 65.7 Å². The summed E-state index contributed by atoms with van der Waals surface area (Å²) >= 11 is 0. The summed E-state index contributed by atoms with van der Waals surface area (Å²) in [5.74, 6) is 0.595. The molecule has 0 heterocycles. The maximum atomic E-state index is 12.4. The van der Waals surface area contributed by atoms with Gasteiger partial charge in [0.25, 0.3) is 5.91 Å². The zero-order valence-corrected chi connectivity index (χ0v) is 14.5. The van der Waals surface area contributed by atoms with Crippen LogP contribution >= 0.6 is 0 Å². The molecule has 0 aliphatic carbocycles. The lowest BCUT2D eigenvalue weighted by molar-refractivity contribution is -0.907. The Kier molecular flexibility index (Phi) is 5.94. The van der Waals surface area contributed by atoms with Gasteiger partial charge in [0.05, 0.1) is 7.05 Å². The SMILES string of the molecule is CC(C)c1ccc(C[NH+](C)[C@H](C)C(=O)Nc2ccccc2)cc1. The third-order valence-electron chi connectivity index (χ3n) is 4.30. The minimum Gasteiger partial charge on any atom is -0.324 e. The molecule has 0 aliphatic heterocycles. The number of quaternary nitrogens is 1. The molecular formula is C20H27N2O+. The largest absolute Gasteiger partial charge is 0.324 e. The Balaban J connectivity index is 1.93. The number of hydrogen-bond acceptors (Lipinski definition) is 1. The Morgan fingerprint density at radius 2 is 1.61 bits per heavy atom.